The number of hydrogen-bond acceptors (Lipinski definition) is 3. The van der Waals surface area contributed by atoms with Crippen LogP contribution in [0.3, 0.4) is 0 Å². The number of nitrogens with one attached hydrogen (secondary N) is 2. The Hall–Kier alpha value is -1.04. The molecule has 6 heteroatoms. The summed E-state index contributed by atoms with van der Waals surface area (Å²) in [5, 5.41) is 6.19. The van der Waals surface area contributed by atoms with E-state index in [9.17, 15) is 8.42 Å². The maximum absolute atomic E-state index is 11.3. The summed E-state index contributed by atoms with van der Waals surface area (Å²) in [4.78, 5) is 4.38. The molecule has 1 saturated heterocycles. The van der Waals surface area contributed by atoms with Gasteiger partial charge in [0, 0.05) is 19.6 Å². The zero-order valence-corrected chi connectivity index (χ0v) is 11.1. The fourth-order valence-corrected chi connectivity index (χ4v) is 3.60. The second-order valence-corrected chi connectivity index (χ2v) is 6.39. The van der Waals surface area contributed by atoms with E-state index in [1.165, 1.54) is 0 Å². The van der Waals surface area contributed by atoms with Gasteiger partial charge in [-0.15, -0.1) is 6.58 Å². The number of sulfone groups is 1. The Morgan fingerprint density at radius 2 is 2.29 bits per heavy atom. The van der Waals surface area contributed by atoms with E-state index in [4.69, 9.17) is 0 Å². The highest BCUT2D eigenvalue weighted by Gasteiger charge is 2.27. The van der Waals surface area contributed by atoms with Crippen LogP contribution in [-0.4, -0.2) is 45.5 Å². The fourth-order valence-electron chi connectivity index (χ4n) is 1.75. The Morgan fingerprint density at radius 1 is 1.53 bits per heavy atom. The van der Waals surface area contributed by atoms with E-state index >= 15 is 0 Å². The fraction of sp³-hybridized carbons (Fsp3) is 0.727. The molecule has 1 rings (SSSR count). The van der Waals surface area contributed by atoms with Gasteiger partial charge in [-0.1, -0.05) is 6.08 Å². The SMILES string of the molecule is C=CCNC(=NCC1CCS(=O)(=O)C1)NCC. The molecule has 0 amide bonds. The molecular formula is C11H21N3O2S. The predicted octanol–water partition coefficient (Wildman–Crippen LogP) is 0.162. The van der Waals surface area contributed by atoms with Crippen molar-refractivity contribution in [3.8, 4) is 0 Å². The lowest BCUT2D eigenvalue weighted by Gasteiger charge is -2.10. The molecule has 1 aliphatic heterocycles. The van der Waals surface area contributed by atoms with Crippen molar-refractivity contribution >= 4 is 15.8 Å². The quantitative estimate of drug-likeness (QED) is 0.419. The summed E-state index contributed by atoms with van der Waals surface area (Å²) in [6.45, 7) is 7.61. The molecule has 1 atom stereocenters. The highest BCUT2D eigenvalue weighted by atomic mass is 32.2. The lowest BCUT2D eigenvalue weighted by molar-refractivity contribution is 0.590. The van der Waals surface area contributed by atoms with E-state index in [0.29, 0.717) is 18.8 Å². The maximum atomic E-state index is 11.3. The molecule has 17 heavy (non-hydrogen) atoms. The number of rotatable bonds is 5. The monoisotopic (exact) mass is 259 g/mol. The third-order valence-corrected chi connectivity index (χ3v) is 4.43. The van der Waals surface area contributed by atoms with Crippen LogP contribution in [0, 0.1) is 5.92 Å². The molecule has 98 valence electrons. The lowest BCUT2D eigenvalue weighted by atomic mass is 10.1. The van der Waals surface area contributed by atoms with Gasteiger partial charge in [-0.05, 0) is 19.3 Å². The van der Waals surface area contributed by atoms with Crippen LogP contribution in [-0.2, 0) is 9.84 Å². The number of guanidine groups is 1. The van der Waals surface area contributed by atoms with Crippen LogP contribution in [0.1, 0.15) is 13.3 Å². The van der Waals surface area contributed by atoms with E-state index in [1.54, 1.807) is 6.08 Å². The standard InChI is InChI=1S/C11H21N3O2S/c1-3-6-13-11(12-4-2)14-8-10-5-7-17(15,16)9-10/h3,10H,1,4-9H2,2H3,(H2,12,13,14). The van der Waals surface area contributed by atoms with Crippen molar-refractivity contribution in [3.05, 3.63) is 12.7 Å². The zero-order chi connectivity index (χ0) is 12.7. The molecule has 2 N–H and O–H groups in total. The van der Waals surface area contributed by atoms with Gasteiger partial charge in [0.1, 0.15) is 0 Å². The minimum Gasteiger partial charge on any atom is -0.357 e. The lowest BCUT2D eigenvalue weighted by Crippen LogP contribution is -2.37. The topological polar surface area (TPSA) is 70.6 Å². The predicted molar refractivity (Wildman–Crippen MR) is 70.9 cm³/mol. The van der Waals surface area contributed by atoms with Crippen LogP contribution in [0.15, 0.2) is 17.6 Å². The molecule has 0 aromatic rings. The van der Waals surface area contributed by atoms with Crippen molar-refractivity contribution in [2.24, 2.45) is 10.9 Å². The number of nitrogens with zero attached hydrogens (tertiary/aromatic N) is 1. The molecule has 0 spiro atoms. The van der Waals surface area contributed by atoms with Crippen LogP contribution in [0.2, 0.25) is 0 Å². The molecule has 1 aliphatic rings. The van der Waals surface area contributed by atoms with Crippen molar-refractivity contribution in [1.82, 2.24) is 10.6 Å². The molecule has 5 nitrogen and oxygen atoms in total. The zero-order valence-electron chi connectivity index (χ0n) is 10.3. The average molecular weight is 259 g/mol. The molecular weight excluding hydrogens is 238 g/mol. The Labute approximate surface area is 103 Å². The molecule has 0 saturated carbocycles. The third kappa shape index (κ3) is 5.21. The summed E-state index contributed by atoms with van der Waals surface area (Å²) in [5.41, 5.74) is 0. The first-order chi connectivity index (χ1) is 8.07. The van der Waals surface area contributed by atoms with Crippen molar-refractivity contribution in [1.29, 1.82) is 0 Å². The molecule has 0 radical (unpaired) electrons. The summed E-state index contributed by atoms with van der Waals surface area (Å²) in [6, 6.07) is 0. The number of hydrogen-bond donors (Lipinski definition) is 2. The minimum atomic E-state index is -2.80. The smallest absolute Gasteiger partial charge is 0.191 e. The van der Waals surface area contributed by atoms with Gasteiger partial charge in [0.25, 0.3) is 0 Å². The summed E-state index contributed by atoms with van der Waals surface area (Å²) < 4.78 is 22.6. The van der Waals surface area contributed by atoms with Gasteiger partial charge < -0.3 is 10.6 Å². The summed E-state index contributed by atoms with van der Waals surface area (Å²) in [5.74, 6) is 1.47. The molecule has 1 fully saturated rings. The van der Waals surface area contributed by atoms with E-state index < -0.39 is 9.84 Å². The second-order valence-electron chi connectivity index (χ2n) is 4.16. The summed E-state index contributed by atoms with van der Waals surface area (Å²) in [6.07, 6.45) is 2.49. The Balaban J connectivity index is 2.45. The number of aliphatic imine (C=N–C) groups is 1. The minimum absolute atomic E-state index is 0.166. The van der Waals surface area contributed by atoms with Gasteiger partial charge in [-0.3, -0.25) is 4.99 Å². The highest BCUT2D eigenvalue weighted by molar-refractivity contribution is 7.91. The largest absolute Gasteiger partial charge is 0.357 e. The molecule has 0 aliphatic carbocycles. The van der Waals surface area contributed by atoms with E-state index in [1.807, 2.05) is 6.92 Å². The first-order valence-corrected chi connectivity index (χ1v) is 7.73. The summed E-state index contributed by atoms with van der Waals surface area (Å²) >= 11 is 0. The van der Waals surface area contributed by atoms with Gasteiger partial charge in [-0.25, -0.2) is 8.42 Å². The Morgan fingerprint density at radius 3 is 2.82 bits per heavy atom. The van der Waals surface area contributed by atoms with E-state index in [-0.39, 0.29) is 11.7 Å². The van der Waals surface area contributed by atoms with Gasteiger partial charge in [0.2, 0.25) is 0 Å². The Kier molecular flexibility index (Phi) is 5.47. The van der Waals surface area contributed by atoms with Crippen LogP contribution >= 0.6 is 0 Å². The van der Waals surface area contributed by atoms with Gasteiger partial charge in [0.05, 0.1) is 11.5 Å². The maximum Gasteiger partial charge on any atom is 0.191 e. The van der Waals surface area contributed by atoms with E-state index in [0.717, 1.165) is 18.9 Å². The van der Waals surface area contributed by atoms with Gasteiger partial charge in [-0.2, -0.15) is 0 Å². The Bertz CT molecular complexity index is 376. The summed E-state index contributed by atoms with van der Waals surface area (Å²) in [7, 11) is -2.80. The van der Waals surface area contributed by atoms with Gasteiger partial charge in [0.15, 0.2) is 15.8 Å². The van der Waals surface area contributed by atoms with E-state index in [2.05, 4.69) is 22.2 Å². The van der Waals surface area contributed by atoms with Crippen LogP contribution < -0.4 is 10.6 Å². The van der Waals surface area contributed by atoms with Gasteiger partial charge >= 0.3 is 0 Å². The molecule has 0 bridgehead atoms. The van der Waals surface area contributed by atoms with Crippen molar-refractivity contribution < 1.29 is 8.42 Å². The second kappa shape index (κ2) is 6.64. The van der Waals surface area contributed by atoms with Crippen LogP contribution in [0.5, 0.6) is 0 Å². The molecule has 1 unspecified atom stereocenters. The van der Waals surface area contributed by atoms with Crippen molar-refractivity contribution in [2.75, 3.05) is 31.1 Å². The van der Waals surface area contributed by atoms with Crippen LogP contribution in [0.4, 0.5) is 0 Å². The van der Waals surface area contributed by atoms with Crippen molar-refractivity contribution in [3.63, 3.8) is 0 Å². The first-order valence-electron chi connectivity index (χ1n) is 5.91. The average Bonchev–Trinajstić information content (AvgIpc) is 2.62. The third-order valence-electron chi connectivity index (χ3n) is 2.59. The highest BCUT2D eigenvalue weighted by Crippen LogP contribution is 2.18. The molecule has 0 aromatic carbocycles. The molecule has 0 aromatic heterocycles. The first kappa shape index (κ1) is 14.0. The normalized spacial score (nSPS) is 23.4. The van der Waals surface area contributed by atoms with Crippen LogP contribution in [0.25, 0.3) is 0 Å². The van der Waals surface area contributed by atoms with Crippen molar-refractivity contribution in [2.45, 2.75) is 13.3 Å². The molecule has 1 heterocycles.